The summed E-state index contributed by atoms with van der Waals surface area (Å²) < 4.78 is 0. The molecule has 0 aliphatic carbocycles. The summed E-state index contributed by atoms with van der Waals surface area (Å²) in [6.45, 7) is 1.77. The predicted molar refractivity (Wildman–Crippen MR) is 83.2 cm³/mol. The molecule has 0 unspecified atom stereocenters. The second-order valence-corrected chi connectivity index (χ2v) is 5.61. The van der Waals surface area contributed by atoms with Crippen molar-refractivity contribution in [2.75, 3.05) is 11.4 Å². The van der Waals surface area contributed by atoms with Crippen LogP contribution in [0, 0.1) is 0 Å². The van der Waals surface area contributed by atoms with Crippen LogP contribution in [0.2, 0.25) is 0 Å². The van der Waals surface area contributed by atoms with Crippen molar-refractivity contribution in [2.45, 2.75) is 13.0 Å². The number of nitrogens with zero attached hydrogens (tertiary/aromatic N) is 1. The first-order chi connectivity index (χ1) is 8.75. The number of thiocarbonyl (C=S) groups is 1. The molecular formula is C14H16N2S2. The first-order valence-corrected chi connectivity index (χ1v) is 7.15. The Balaban J connectivity index is 2.10. The van der Waals surface area contributed by atoms with Crippen LogP contribution in [0.4, 0.5) is 5.69 Å². The van der Waals surface area contributed by atoms with Gasteiger partial charge in [0.2, 0.25) is 0 Å². The highest BCUT2D eigenvalue weighted by Crippen LogP contribution is 2.19. The Kier molecular flexibility index (Phi) is 4.73. The van der Waals surface area contributed by atoms with Crippen LogP contribution in [0.1, 0.15) is 11.3 Å². The second kappa shape index (κ2) is 6.52. The summed E-state index contributed by atoms with van der Waals surface area (Å²) in [4.78, 5) is 4.23. The maximum Gasteiger partial charge on any atom is 0.0745 e. The van der Waals surface area contributed by atoms with E-state index in [1.165, 1.54) is 10.6 Å². The van der Waals surface area contributed by atoms with Gasteiger partial charge in [0.15, 0.2) is 0 Å². The Morgan fingerprint density at radius 1 is 1.17 bits per heavy atom. The average molecular weight is 276 g/mol. The van der Waals surface area contributed by atoms with Gasteiger partial charge in [-0.2, -0.15) is 0 Å². The number of benzene rings is 1. The molecule has 0 amide bonds. The molecule has 0 spiro atoms. The van der Waals surface area contributed by atoms with Crippen molar-refractivity contribution in [3.63, 3.8) is 0 Å². The summed E-state index contributed by atoms with van der Waals surface area (Å²) in [7, 11) is 0. The minimum Gasteiger partial charge on any atom is -0.393 e. The zero-order chi connectivity index (χ0) is 12.8. The number of hydrogen-bond donors (Lipinski definition) is 1. The summed E-state index contributed by atoms with van der Waals surface area (Å²) in [5, 5.41) is 2.10. The third-order valence-corrected chi connectivity index (χ3v) is 3.74. The van der Waals surface area contributed by atoms with Crippen molar-refractivity contribution < 1.29 is 0 Å². The zero-order valence-electron chi connectivity index (χ0n) is 10.1. The lowest BCUT2D eigenvalue weighted by Crippen LogP contribution is -2.26. The molecule has 2 rings (SSSR count). The molecule has 0 aliphatic rings. The number of thiophene rings is 1. The number of nitrogens with two attached hydrogens (primary N) is 1. The van der Waals surface area contributed by atoms with Crippen LogP contribution >= 0.6 is 23.6 Å². The zero-order valence-corrected chi connectivity index (χ0v) is 11.7. The topological polar surface area (TPSA) is 29.3 Å². The first-order valence-electron chi connectivity index (χ1n) is 5.86. The molecule has 4 heteroatoms. The van der Waals surface area contributed by atoms with Crippen LogP contribution in [0.25, 0.3) is 0 Å². The van der Waals surface area contributed by atoms with Gasteiger partial charge in [0.1, 0.15) is 0 Å². The number of para-hydroxylation sites is 1. The van der Waals surface area contributed by atoms with Gasteiger partial charge in [-0.05, 0) is 23.6 Å². The summed E-state index contributed by atoms with van der Waals surface area (Å²) in [5.41, 5.74) is 6.81. The second-order valence-electron chi connectivity index (χ2n) is 4.05. The third-order valence-electron chi connectivity index (χ3n) is 2.68. The van der Waals surface area contributed by atoms with Gasteiger partial charge in [0.25, 0.3) is 0 Å². The van der Waals surface area contributed by atoms with Crippen molar-refractivity contribution in [3.8, 4) is 0 Å². The van der Waals surface area contributed by atoms with Gasteiger partial charge in [-0.25, -0.2) is 0 Å². The fourth-order valence-electron chi connectivity index (χ4n) is 1.77. The van der Waals surface area contributed by atoms with E-state index in [1.807, 2.05) is 6.07 Å². The Hall–Kier alpha value is -1.39. The molecule has 0 saturated carbocycles. The Morgan fingerprint density at radius 2 is 1.94 bits per heavy atom. The number of hydrogen-bond acceptors (Lipinski definition) is 3. The molecule has 18 heavy (non-hydrogen) atoms. The van der Waals surface area contributed by atoms with Crippen LogP contribution in [-0.2, 0) is 6.54 Å². The van der Waals surface area contributed by atoms with Crippen molar-refractivity contribution in [1.29, 1.82) is 0 Å². The van der Waals surface area contributed by atoms with Gasteiger partial charge in [-0.1, -0.05) is 36.5 Å². The van der Waals surface area contributed by atoms with Crippen molar-refractivity contribution in [1.82, 2.24) is 0 Å². The molecule has 0 saturated heterocycles. The van der Waals surface area contributed by atoms with E-state index in [0.29, 0.717) is 4.99 Å². The minimum absolute atomic E-state index is 0.571. The molecule has 0 radical (unpaired) electrons. The highest BCUT2D eigenvalue weighted by molar-refractivity contribution is 7.80. The van der Waals surface area contributed by atoms with Crippen LogP contribution in [0.5, 0.6) is 0 Å². The van der Waals surface area contributed by atoms with Crippen LogP contribution in [0.15, 0.2) is 47.8 Å². The fourth-order valence-corrected chi connectivity index (χ4v) is 2.58. The molecule has 2 aromatic rings. The summed E-state index contributed by atoms with van der Waals surface area (Å²) in [6, 6.07) is 14.6. The van der Waals surface area contributed by atoms with Crippen molar-refractivity contribution in [3.05, 3.63) is 52.7 Å². The molecule has 0 atom stereocenters. The third kappa shape index (κ3) is 3.82. The quantitative estimate of drug-likeness (QED) is 0.820. The molecule has 2 nitrogen and oxygen atoms in total. The van der Waals surface area contributed by atoms with Crippen molar-refractivity contribution in [2.24, 2.45) is 5.73 Å². The van der Waals surface area contributed by atoms with Gasteiger partial charge < -0.3 is 10.6 Å². The van der Waals surface area contributed by atoms with E-state index >= 15 is 0 Å². The van der Waals surface area contributed by atoms with Gasteiger partial charge in [-0.3, -0.25) is 0 Å². The predicted octanol–water partition coefficient (Wildman–Crippen LogP) is 3.43. The van der Waals surface area contributed by atoms with E-state index in [1.54, 1.807) is 11.3 Å². The van der Waals surface area contributed by atoms with Crippen LogP contribution in [0.3, 0.4) is 0 Å². The van der Waals surface area contributed by atoms with E-state index < -0.39 is 0 Å². The summed E-state index contributed by atoms with van der Waals surface area (Å²) in [5.74, 6) is 0. The molecule has 94 valence electrons. The van der Waals surface area contributed by atoms with Gasteiger partial charge in [-0.15, -0.1) is 11.3 Å². The monoisotopic (exact) mass is 276 g/mol. The minimum atomic E-state index is 0.571. The van der Waals surface area contributed by atoms with E-state index in [4.69, 9.17) is 18.0 Å². The number of anilines is 1. The fraction of sp³-hybridized carbons (Fsp3) is 0.214. The number of rotatable bonds is 6. The SMILES string of the molecule is NC(=S)CCN(Cc1cccs1)c1ccccc1. The van der Waals surface area contributed by atoms with Crippen LogP contribution in [-0.4, -0.2) is 11.5 Å². The molecule has 0 fully saturated rings. The molecule has 1 heterocycles. The Bertz CT molecular complexity index is 480. The Morgan fingerprint density at radius 3 is 2.56 bits per heavy atom. The Labute approximate surface area is 117 Å². The average Bonchev–Trinajstić information content (AvgIpc) is 2.88. The normalized spacial score (nSPS) is 10.2. The van der Waals surface area contributed by atoms with E-state index in [9.17, 15) is 0 Å². The molecule has 1 aromatic heterocycles. The maximum absolute atomic E-state index is 5.60. The lowest BCUT2D eigenvalue weighted by Gasteiger charge is -2.24. The van der Waals surface area contributed by atoms with Gasteiger partial charge >= 0.3 is 0 Å². The molecular weight excluding hydrogens is 260 g/mol. The molecule has 2 N–H and O–H groups in total. The van der Waals surface area contributed by atoms with Gasteiger partial charge in [0.05, 0.1) is 11.5 Å². The highest BCUT2D eigenvalue weighted by atomic mass is 32.1. The van der Waals surface area contributed by atoms with Crippen molar-refractivity contribution >= 4 is 34.2 Å². The molecule has 0 bridgehead atoms. The summed E-state index contributed by atoms with van der Waals surface area (Å²) >= 11 is 6.74. The molecule has 1 aromatic carbocycles. The standard InChI is InChI=1S/C14H16N2S2/c15-14(17)8-9-16(11-13-7-4-10-18-13)12-5-2-1-3-6-12/h1-7,10H,8-9,11H2,(H2,15,17). The first kappa shape index (κ1) is 13.1. The lowest BCUT2D eigenvalue weighted by molar-refractivity contribution is 0.816. The summed E-state index contributed by atoms with van der Waals surface area (Å²) in [6.07, 6.45) is 0.746. The molecule has 0 aliphatic heterocycles. The van der Waals surface area contributed by atoms with Crippen LogP contribution < -0.4 is 10.6 Å². The van der Waals surface area contributed by atoms with E-state index in [-0.39, 0.29) is 0 Å². The smallest absolute Gasteiger partial charge is 0.0745 e. The lowest BCUT2D eigenvalue weighted by atomic mass is 10.2. The maximum atomic E-state index is 5.60. The van der Waals surface area contributed by atoms with E-state index in [0.717, 1.165) is 19.5 Å². The highest BCUT2D eigenvalue weighted by Gasteiger charge is 2.08. The van der Waals surface area contributed by atoms with E-state index in [2.05, 4.69) is 46.7 Å². The largest absolute Gasteiger partial charge is 0.393 e. The van der Waals surface area contributed by atoms with Gasteiger partial charge in [0, 0.05) is 23.5 Å².